The lowest BCUT2D eigenvalue weighted by molar-refractivity contribution is -0.0138. The largest absolute Gasteiger partial charge is 0.494 e. The number of hydrogen-bond donors (Lipinski definition) is 0. The molecule has 0 aromatic heterocycles. The molecule has 0 saturated carbocycles. The van der Waals surface area contributed by atoms with Gasteiger partial charge in [0.2, 0.25) is 0 Å². The maximum atomic E-state index is 6.09. The molecular formula is C19H27BO6. The lowest BCUT2D eigenvalue weighted by atomic mass is 9.79. The topological polar surface area (TPSA) is 55.4 Å². The van der Waals surface area contributed by atoms with Crippen molar-refractivity contribution in [1.82, 2.24) is 0 Å². The smallest absolute Gasteiger partial charge is 0.485 e. The minimum atomic E-state index is -0.367. The molecule has 4 rings (SSSR count). The quantitative estimate of drug-likeness (QED) is 0.758. The van der Waals surface area contributed by atoms with Crippen molar-refractivity contribution >= 4 is 12.6 Å². The van der Waals surface area contributed by atoms with Crippen molar-refractivity contribution in [2.24, 2.45) is 0 Å². The van der Waals surface area contributed by atoms with Crippen LogP contribution in [0.15, 0.2) is 24.3 Å². The van der Waals surface area contributed by atoms with E-state index in [0.29, 0.717) is 13.2 Å². The average molecular weight is 362 g/mol. The molecule has 4 atom stereocenters. The predicted molar refractivity (Wildman–Crippen MR) is 96.9 cm³/mol. The Balaban J connectivity index is 1.40. The number of methoxy groups -OCH3 is 1. The standard InChI is InChI=1S/C19H27BO6/c1-18(2)19(3,4)26-20(25-18)12-6-8-13(9-7-12)24-15-11-23-16-14(21-5)10-22-17(15)16/h6-9,14-17H,10-11H2,1-5H3/t14-,15+,16-,17-/m0/s1. The molecule has 142 valence electrons. The van der Waals surface area contributed by atoms with Gasteiger partial charge in [-0.05, 0) is 45.3 Å². The average Bonchev–Trinajstić information content (AvgIpc) is 3.22. The second-order valence-corrected chi connectivity index (χ2v) is 8.18. The number of hydrogen-bond acceptors (Lipinski definition) is 6. The van der Waals surface area contributed by atoms with E-state index in [1.54, 1.807) is 7.11 Å². The molecule has 3 saturated heterocycles. The van der Waals surface area contributed by atoms with Gasteiger partial charge in [-0.15, -0.1) is 0 Å². The molecule has 0 bridgehead atoms. The van der Waals surface area contributed by atoms with Crippen LogP contribution in [0.1, 0.15) is 27.7 Å². The first kappa shape index (κ1) is 18.3. The van der Waals surface area contributed by atoms with Crippen LogP contribution in [0, 0.1) is 0 Å². The zero-order chi connectivity index (χ0) is 18.5. The highest BCUT2D eigenvalue weighted by Crippen LogP contribution is 2.36. The van der Waals surface area contributed by atoms with E-state index in [1.807, 2.05) is 24.3 Å². The van der Waals surface area contributed by atoms with Crippen LogP contribution in [0.5, 0.6) is 5.75 Å². The van der Waals surface area contributed by atoms with Gasteiger partial charge in [0, 0.05) is 7.11 Å². The fourth-order valence-corrected chi connectivity index (χ4v) is 3.59. The van der Waals surface area contributed by atoms with Gasteiger partial charge in [-0.3, -0.25) is 0 Å². The molecular weight excluding hydrogens is 335 g/mol. The Kier molecular flexibility index (Phi) is 4.56. The fraction of sp³-hybridized carbons (Fsp3) is 0.684. The Labute approximate surface area is 155 Å². The summed E-state index contributed by atoms with van der Waals surface area (Å²) in [5.41, 5.74) is 0.287. The summed E-state index contributed by atoms with van der Waals surface area (Å²) in [6, 6.07) is 7.85. The summed E-state index contributed by atoms with van der Waals surface area (Å²) in [6.45, 7) is 9.26. The van der Waals surface area contributed by atoms with Crippen LogP contribution in [0.3, 0.4) is 0 Å². The zero-order valence-corrected chi connectivity index (χ0v) is 16.1. The van der Waals surface area contributed by atoms with Crippen LogP contribution in [-0.4, -0.2) is 63.1 Å². The van der Waals surface area contributed by atoms with Gasteiger partial charge in [-0.25, -0.2) is 0 Å². The van der Waals surface area contributed by atoms with Gasteiger partial charge in [-0.1, -0.05) is 12.1 Å². The molecule has 0 spiro atoms. The highest BCUT2D eigenvalue weighted by molar-refractivity contribution is 6.62. The molecule has 3 aliphatic heterocycles. The van der Waals surface area contributed by atoms with E-state index in [1.165, 1.54) is 0 Å². The monoisotopic (exact) mass is 362 g/mol. The van der Waals surface area contributed by atoms with E-state index >= 15 is 0 Å². The van der Waals surface area contributed by atoms with Gasteiger partial charge in [0.1, 0.15) is 24.1 Å². The first-order valence-electron chi connectivity index (χ1n) is 9.19. The van der Waals surface area contributed by atoms with E-state index < -0.39 is 0 Å². The van der Waals surface area contributed by atoms with Gasteiger partial charge >= 0.3 is 7.12 Å². The fourth-order valence-electron chi connectivity index (χ4n) is 3.59. The van der Waals surface area contributed by atoms with Crippen molar-refractivity contribution in [3.63, 3.8) is 0 Å². The van der Waals surface area contributed by atoms with E-state index in [2.05, 4.69) is 27.7 Å². The molecule has 3 aliphatic rings. The first-order chi connectivity index (χ1) is 12.3. The Hall–Kier alpha value is -1.12. The highest BCUT2D eigenvalue weighted by Gasteiger charge is 2.52. The Morgan fingerprint density at radius 1 is 0.885 bits per heavy atom. The molecule has 1 aromatic rings. The zero-order valence-electron chi connectivity index (χ0n) is 16.1. The molecule has 1 aromatic carbocycles. The molecule has 0 radical (unpaired) electrons. The van der Waals surface area contributed by atoms with E-state index in [0.717, 1.165) is 11.2 Å². The second kappa shape index (κ2) is 6.50. The highest BCUT2D eigenvalue weighted by atomic mass is 16.7. The number of ether oxygens (including phenoxy) is 4. The number of benzene rings is 1. The third kappa shape index (κ3) is 3.06. The molecule has 6 nitrogen and oxygen atoms in total. The third-order valence-corrected chi connectivity index (χ3v) is 5.96. The molecule has 0 amide bonds. The van der Waals surface area contributed by atoms with Crippen molar-refractivity contribution in [2.45, 2.75) is 63.3 Å². The maximum Gasteiger partial charge on any atom is 0.494 e. The molecule has 3 heterocycles. The van der Waals surface area contributed by atoms with Crippen LogP contribution in [0.4, 0.5) is 0 Å². The maximum absolute atomic E-state index is 6.09. The molecule has 0 N–H and O–H groups in total. The molecule has 3 fully saturated rings. The number of fused-ring (bicyclic) bond motifs is 1. The summed E-state index contributed by atoms with van der Waals surface area (Å²) in [5, 5.41) is 0. The molecule has 26 heavy (non-hydrogen) atoms. The summed E-state index contributed by atoms with van der Waals surface area (Å²) < 4.78 is 35.3. The summed E-state index contributed by atoms with van der Waals surface area (Å²) >= 11 is 0. The minimum absolute atomic E-state index is 0.0145. The summed E-state index contributed by atoms with van der Waals surface area (Å²) in [6.07, 6.45) is -0.265. The van der Waals surface area contributed by atoms with Crippen molar-refractivity contribution in [3.05, 3.63) is 24.3 Å². The molecule has 0 unspecified atom stereocenters. The van der Waals surface area contributed by atoms with Gasteiger partial charge in [0.05, 0.1) is 24.4 Å². The SMILES string of the molecule is CO[C@H]1CO[C@@H]2[C@H]1OC[C@H]2Oc1ccc(B2OC(C)(C)C(C)(C)O2)cc1. The number of rotatable bonds is 4. The lowest BCUT2D eigenvalue weighted by Crippen LogP contribution is -2.41. The van der Waals surface area contributed by atoms with Crippen molar-refractivity contribution < 1.29 is 28.3 Å². The summed E-state index contributed by atoms with van der Waals surface area (Å²) in [7, 11) is 1.32. The van der Waals surface area contributed by atoms with Crippen molar-refractivity contribution in [1.29, 1.82) is 0 Å². The lowest BCUT2D eigenvalue weighted by Gasteiger charge is -2.32. The van der Waals surface area contributed by atoms with Crippen LogP contribution in [0.25, 0.3) is 0 Å². The Morgan fingerprint density at radius 3 is 2.00 bits per heavy atom. The first-order valence-corrected chi connectivity index (χ1v) is 9.19. The normalized spacial score (nSPS) is 34.9. The van der Waals surface area contributed by atoms with Gasteiger partial charge in [-0.2, -0.15) is 0 Å². The van der Waals surface area contributed by atoms with E-state index in [4.69, 9.17) is 28.3 Å². The minimum Gasteiger partial charge on any atom is -0.485 e. The Morgan fingerprint density at radius 2 is 1.42 bits per heavy atom. The molecule has 0 aliphatic carbocycles. The molecule has 7 heteroatoms. The van der Waals surface area contributed by atoms with Crippen molar-refractivity contribution in [2.75, 3.05) is 20.3 Å². The van der Waals surface area contributed by atoms with Gasteiger partial charge in [0.25, 0.3) is 0 Å². The van der Waals surface area contributed by atoms with Crippen LogP contribution < -0.4 is 10.2 Å². The summed E-state index contributed by atoms with van der Waals surface area (Å²) in [4.78, 5) is 0. The summed E-state index contributed by atoms with van der Waals surface area (Å²) in [5.74, 6) is 0.781. The van der Waals surface area contributed by atoms with Gasteiger partial charge < -0.3 is 28.3 Å². The third-order valence-electron chi connectivity index (χ3n) is 5.96. The van der Waals surface area contributed by atoms with Crippen molar-refractivity contribution in [3.8, 4) is 5.75 Å². The van der Waals surface area contributed by atoms with E-state index in [-0.39, 0.29) is 42.7 Å². The Bertz CT molecular complexity index is 630. The van der Waals surface area contributed by atoms with Gasteiger partial charge in [0.15, 0.2) is 6.10 Å². The predicted octanol–water partition coefficient (Wildman–Crippen LogP) is 1.55. The van der Waals surface area contributed by atoms with Crippen LogP contribution in [0.2, 0.25) is 0 Å². The van der Waals surface area contributed by atoms with E-state index in [9.17, 15) is 0 Å². The van der Waals surface area contributed by atoms with Crippen LogP contribution in [-0.2, 0) is 23.5 Å². The van der Waals surface area contributed by atoms with Crippen LogP contribution >= 0.6 is 0 Å². The second-order valence-electron chi connectivity index (χ2n) is 8.18.